The standard InChI is InChI=1S/C22H27N7O2S/c1-29(2)14-15-11-24-19(25-12-15)28-21-26-13-18(32-21)17-3-6-23-20(27-17)31-16-9-22(10-16)4-7-30-8-5-22/h3,6,11-13,16H,4-5,7-10,14H2,1-2H3,(H,24,25,26,28). The Balaban J connectivity index is 1.20. The monoisotopic (exact) mass is 453 g/mol. The Hall–Kier alpha value is -2.69. The first-order valence-corrected chi connectivity index (χ1v) is 11.6. The van der Waals surface area contributed by atoms with Gasteiger partial charge in [-0.2, -0.15) is 4.98 Å². The van der Waals surface area contributed by atoms with Crippen LogP contribution in [0.2, 0.25) is 0 Å². The molecule has 0 amide bonds. The summed E-state index contributed by atoms with van der Waals surface area (Å²) in [4.78, 5) is 25.1. The molecule has 2 fully saturated rings. The molecule has 10 heteroatoms. The van der Waals surface area contributed by atoms with Crippen LogP contribution in [0.1, 0.15) is 31.2 Å². The minimum Gasteiger partial charge on any atom is -0.460 e. The third kappa shape index (κ3) is 4.87. The SMILES string of the molecule is CN(C)Cc1cnc(Nc2ncc(-c3ccnc(OC4CC5(CCOCC5)C4)n3)s2)nc1. The lowest BCUT2D eigenvalue weighted by atomic mass is 9.62. The Kier molecular flexibility index (Phi) is 5.99. The summed E-state index contributed by atoms with van der Waals surface area (Å²) in [5.74, 6) is 0.521. The molecule has 1 aliphatic heterocycles. The van der Waals surface area contributed by atoms with Crippen LogP contribution >= 0.6 is 11.3 Å². The molecule has 1 spiro atoms. The highest BCUT2D eigenvalue weighted by Gasteiger charge is 2.46. The molecule has 0 aromatic carbocycles. The average molecular weight is 454 g/mol. The van der Waals surface area contributed by atoms with Crippen LogP contribution in [-0.4, -0.2) is 63.2 Å². The summed E-state index contributed by atoms with van der Waals surface area (Å²) >= 11 is 1.49. The molecular formula is C22H27N7O2S. The zero-order chi connectivity index (χ0) is 22.0. The van der Waals surface area contributed by atoms with Gasteiger partial charge >= 0.3 is 6.01 Å². The van der Waals surface area contributed by atoms with E-state index in [1.54, 1.807) is 12.4 Å². The molecule has 2 aliphatic rings. The van der Waals surface area contributed by atoms with E-state index in [0.29, 0.717) is 22.5 Å². The molecule has 0 radical (unpaired) electrons. The maximum atomic E-state index is 6.06. The molecule has 32 heavy (non-hydrogen) atoms. The number of anilines is 2. The number of ether oxygens (including phenoxy) is 2. The van der Waals surface area contributed by atoms with E-state index in [0.717, 1.165) is 61.6 Å². The van der Waals surface area contributed by atoms with Crippen molar-refractivity contribution < 1.29 is 9.47 Å². The Bertz CT molecular complexity index is 1040. The van der Waals surface area contributed by atoms with Gasteiger partial charge in [-0.05, 0) is 51.3 Å². The normalized spacial score (nSPS) is 18.0. The lowest BCUT2D eigenvalue weighted by Crippen LogP contribution is -2.47. The van der Waals surface area contributed by atoms with Crippen LogP contribution in [0.4, 0.5) is 11.1 Å². The van der Waals surface area contributed by atoms with Gasteiger partial charge in [0.1, 0.15) is 6.10 Å². The van der Waals surface area contributed by atoms with Gasteiger partial charge in [0.2, 0.25) is 5.95 Å². The predicted molar refractivity (Wildman–Crippen MR) is 122 cm³/mol. The fourth-order valence-corrected chi connectivity index (χ4v) is 5.08. The largest absolute Gasteiger partial charge is 0.460 e. The zero-order valence-electron chi connectivity index (χ0n) is 18.3. The molecule has 9 nitrogen and oxygen atoms in total. The summed E-state index contributed by atoms with van der Waals surface area (Å²) in [5.41, 5.74) is 2.26. The van der Waals surface area contributed by atoms with E-state index in [1.807, 2.05) is 32.6 Å². The molecule has 1 aliphatic carbocycles. The average Bonchev–Trinajstić information content (AvgIpc) is 3.23. The van der Waals surface area contributed by atoms with Gasteiger partial charge in [-0.1, -0.05) is 11.3 Å². The van der Waals surface area contributed by atoms with Gasteiger partial charge in [-0.25, -0.2) is 19.9 Å². The molecular weight excluding hydrogens is 426 g/mol. The van der Waals surface area contributed by atoms with Crippen LogP contribution in [0.25, 0.3) is 10.6 Å². The molecule has 168 valence electrons. The molecule has 0 unspecified atom stereocenters. The van der Waals surface area contributed by atoms with Crippen LogP contribution < -0.4 is 10.1 Å². The number of hydrogen-bond acceptors (Lipinski definition) is 10. The first-order valence-electron chi connectivity index (χ1n) is 10.8. The lowest BCUT2D eigenvalue weighted by molar-refractivity contribution is -0.0880. The highest BCUT2D eigenvalue weighted by Crippen LogP contribution is 2.49. The Morgan fingerprint density at radius 2 is 1.91 bits per heavy atom. The van der Waals surface area contributed by atoms with Crippen LogP contribution in [-0.2, 0) is 11.3 Å². The summed E-state index contributed by atoms with van der Waals surface area (Å²) in [6, 6.07) is 2.30. The predicted octanol–water partition coefficient (Wildman–Crippen LogP) is 3.53. The second-order valence-corrected chi connectivity index (χ2v) is 9.82. The molecule has 4 heterocycles. The quantitative estimate of drug-likeness (QED) is 0.576. The highest BCUT2D eigenvalue weighted by atomic mass is 32.1. The van der Waals surface area contributed by atoms with E-state index in [-0.39, 0.29) is 6.10 Å². The number of thiazole rings is 1. The van der Waals surface area contributed by atoms with Crippen molar-refractivity contribution in [3.63, 3.8) is 0 Å². The molecule has 1 N–H and O–H groups in total. The molecule has 3 aromatic rings. The Labute approximate surface area is 191 Å². The number of rotatable bonds is 7. The van der Waals surface area contributed by atoms with Crippen molar-refractivity contribution in [2.45, 2.75) is 38.3 Å². The highest BCUT2D eigenvalue weighted by molar-refractivity contribution is 7.18. The summed E-state index contributed by atoms with van der Waals surface area (Å²) in [6.45, 7) is 2.54. The fraction of sp³-hybridized carbons (Fsp3) is 0.500. The van der Waals surface area contributed by atoms with Gasteiger partial charge in [0.05, 0.1) is 10.6 Å². The molecule has 3 aromatic heterocycles. The van der Waals surface area contributed by atoms with Crippen molar-refractivity contribution in [3.05, 3.63) is 36.4 Å². The zero-order valence-corrected chi connectivity index (χ0v) is 19.1. The first kappa shape index (κ1) is 21.2. The van der Waals surface area contributed by atoms with Crippen molar-refractivity contribution >= 4 is 22.4 Å². The maximum Gasteiger partial charge on any atom is 0.317 e. The number of nitrogens with zero attached hydrogens (tertiary/aromatic N) is 6. The molecule has 1 saturated carbocycles. The van der Waals surface area contributed by atoms with E-state index in [9.17, 15) is 0 Å². The van der Waals surface area contributed by atoms with Crippen molar-refractivity contribution in [2.75, 3.05) is 32.6 Å². The third-order valence-electron chi connectivity index (χ3n) is 5.96. The van der Waals surface area contributed by atoms with E-state index in [2.05, 4.69) is 35.1 Å². The summed E-state index contributed by atoms with van der Waals surface area (Å²) in [7, 11) is 4.03. The summed E-state index contributed by atoms with van der Waals surface area (Å²) in [6.07, 6.45) is 11.7. The molecule has 0 atom stereocenters. The topological polar surface area (TPSA) is 98.2 Å². The second-order valence-electron chi connectivity index (χ2n) is 8.79. The lowest BCUT2D eigenvalue weighted by Gasteiger charge is -2.49. The van der Waals surface area contributed by atoms with Crippen molar-refractivity contribution in [1.82, 2.24) is 29.8 Å². The number of hydrogen-bond donors (Lipinski definition) is 1. The van der Waals surface area contributed by atoms with Gasteiger partial charge in [-0.15, -0.1) is 0 Å². The maximum absolute atomic E-state index is 6.06. The first-order chi connectivity index (χ1) is 15.6. The molecule has 1 saturated heterocycles. The van der Waals surface area contributed by atoms with E-state index in [4.69, 9.17) is 9.47 Å². The fourth-order valence-electron chi connectivity index (χ4n) is 4.30. The van der Waals surface area contributed by atoms with Gasteiger partial charge < -0.3 is 19.7 Å². The third-order valence-corrected chi connectivity index (χ3v) is 6.90. The Morgan fingerprint density at radius 3 is 2.66 bits per heavy atom. The van der Waals surface area contributed by atoms with Gasteiger partial charge in [0, 0.05) is 50.1 Å². The molecule has 5 rings (SSSR count). The minimum atomic E-state index is 0.189. The van der Waals surface area contributed by atoms with Crippen molar-refractivity contribution in [3.8, 4) is 16.6 Å². The van der Waals surface area contributed by atoms with E-state index < -0.39 is 0 Å². The van der Waals surface area contributed by atoms with Crippen LogP contribution in [0.3, 0.4) is 0 Å². The van der Waals surface area contributed by atoms with Crippen LogP contribution in [0.5, 0.6) is 6.01 Å². The summed E-state index contributed by atoms with van der Waals surface area (Å²) < 4.78 is 11.6. The summed E-state index contributed by atoms with van der Waals surface area (Å²) in [5, 5.41) is 3.87. The smallest absolute Gasteiger partial charge is 0.317 e. The van der Waals surface area contributed by atoms with Crippen molar-refractivity contribution in [2.24, 2.45) is 5.41 Å². The van der Waals surface area contributed by atoms with Gasteiger partial charge in [-0.3, -0.25) is 0 Å². The van der Waals surface area contributed by atoms with E-state index >= 15 is 0 Å². The van der Waals surface area contributed by atoms with Crippen molar-refractivity contribution in [1.29, 1.82) is 0 Å². The molecule has 0 bridgehead atoms. The number of nitrogens with one attached hydrogen (secondary N) is 1. The van der Waals surface area contributed by atoms with Gasteiger partial charge in [0.25, 0.3) is 0 Å². The van der Waals surface area contributed by atoms with Crippen LogP contribution in [0.15, 0.2) is 30.9 Å². The second kappa shape index (κ2) is 9.05. The van der Waals surface area contributed by atoms with Crippen LogP contribution in [0, 0.1) is 5.41 Å². The minimum absolute atomic E-state index is 0.189. The number of aromatic nitrogens is 5. The van der Waals surface area contributed by atoms with Gasteiger partial charge in [0.15, 0.2) is 5.13 Å². The Morgan fingerprint density at radius 1 is 1.12 bits per heavy atom. The van der Waals surface area contributed by atoms with E-state index in [1.165, 1.54) is 11.3 Å².